The number of aromatic nitrogens is 2. The molecule has 0 bridgehead atoms. The van der Waals surface area contributed by atoms with Gasteiger partial charge >= 0.3 is 0 Å². The summed E-state index contributed by atoms with van der Waals surface area (Å²) in [6.07, 6.45) is 0. The van der Waals surface area contributed by atoms with Crippen molar-refractivity contribution < 1.29 is 4.79 Å². The lowest BCUT2D eigenvalue weighted by Gasteiger charge is -2.27. The molecule has 0 aliphatic heterocycles. The van der Waals surface area contributed by atoms with Crippen molar-refractivity contribution in [1.29, 1.82) is 5.26 Å². The van der Waals surface area contributed by atoms with Crippen molar-refractivity contribution in [3.8, 4) is 11.8 Å². The van der Waals surface area contributed by atoms with Crippen LogP contribution in [-0.2, 0) is 4.79 Å². The molecule has 3 aromatic rings. The number of fused-ring (bicyclic) bond motifs is 1. The van der Waals surface area contributed by atoms with Gasteiger partial charge in [-0.15, -0.1) is 0 Å². The predicted molar refractivity (Wildman–Crippen MR) is 125 cm³/mol. The fraction of sp³-hybridized carbons (Fsp3) is 0.304. The van der Waals surface area contributed by atoms with Crippen LogP contribution in [0.25, 0.3) is 16.6 Å². The third-order valence-corrected chi connectivity index (χ3v) is 6.35. The first kappa shape index (κ1) is 22.9. The molecule has 2 aromatic carbocycles. The molecule has 1 aromatic heterocycles. The molecule has 31 heavy (non-hydrogen) atoms. The van der Waals surface area contributed by atoms with Gasteiger partial charge in [-0.05, 0) is 55.7 Å². The van der Waals surface area contributed by atoms with Crippen LogP contribution in [0.1, 0.15) is 26.3 Å². The number of halogens is 1. The van der Waals surface area contributed by atoms with E-state index in [2.05, 4.69) is 16.4 Å². The zero-order valence-corrected chi connectivity index (χ0v) is 19.3. The number of amides is 1. The quantitative estimate of drug-likeness (QED) is 0.437. The first-order valence-corrected chi connectivity index (χ1v) is 11.2. The van der Waals surface area contributed by atoms with Crippen LogP contribution in [0.4, 0.5) is 0 Å². The molecule has 1 unspecified atom stereocenters. The summed E-state index contributed by atoms with van der Waals surface area (Å²) in [7, 11) is 0. The molecule has 3 rings (SSSR count). The Labute approximate surface area is 190 Å². The van der Waals surface area contributed by atoms with Gasteiger partial charge in [0.2, 0.25) is 5.91 Å². The normalized spacial score (nSPS) is 13.1. The van der Waals surface area contributed by atoms with Crippen LogP contribution >= 0.6 is 23.4 Å². The Morgan fingerprint density at radius 1 is 1.32 bits per heavy atom. The van der Waals surface area contributed by atoms with Crippen LogP contribution in [0.15, 0.2) is 52.4 Å². The third kappa shape index (κ3) is 4.92. The van der Waals surface area contributed by atoms with Gasteiger partial charge in [0.1, 0.15) is 5.54 Å². The molecule has 0 saturated carbocycles. The molecule has 6 nitrogen and oxygen atoms in total. The highest BCUT2D eigenvalue weighted by molar-refractivity contribution is 7.99. The van der Waals surface area contributed by atoms with Crippen molar-refractivity contribution in [3.05, 3.63) is 63.4 Å². The Hall–Kier alpha value is -2.82. The van der Waals surface area contributed by atoms with Gasteiger partial charge in [-0.2, -0.15) is 5.26 Å². The number of hydrogen-bond donors (Lipinski definition) is 1. The Bertz CT molecular complexity index is 1250. The number of benzene rings is 2. The minimum atomic E-state index is -0.974. The predicted octanol–water partition coefficient (Wildman–Crippen LogP) is 4.49. The van der Waals surface area contributed by atoms with Gasteiger partial charge in [-0.25, -0.2) is 4.98 Å². The summed E-state index contributed by atoms with van der Waals surface area (Å²) in [6, 6.07) is 14.6. The fourth-order valence-electron chi connectivity index (χ4n) is 2.99. The lowest BCUT2D eigenvalue weighted by molar-refractivity contribution is -0.120. The molecule has 0 saturated heterocycles. The Balaban J connectivity index is 2.02. The van der Waals surface area contributed by atoms with Gasteiger partial charge in [-0.3, -0.25) is 14.2 Å². The molecule has 1 atom stereocenters. The van der Waals surface area contributed by atoms with Crippen molar-refractivity contribution in [1.82, 2.24) is 14.9 Å². The summed E-state index contributed by atoms with van der Waals surface area (Å²) >= 11 is 7.24. The summed E-state index contributed by atoms with van der Waals surface area (Å²) < 4.78 is 1.51. The highest BCUT2D eigenvalue weighted by Crippen LogP contribution is 2.24. The minimum absolute atomic E-state index is 0.00825. The lowest BCUT2D eigenvalue weighted by Crippen LogP contribution is -2.49. The second-order valence-electron chi connectivity index (χ2n) is 7.84. The van der Waals surface area contributed by atoms with E-state index in [1.165, 1.54) is 4.57 Å². The number of nitrogens with zero attached hydrogens (tertiary/aromatic N) is 3. The summed E-state index contributed by atoms with van der Waals surface area (Å²) in [5, 5.41) is 13.5. The molecule has 160 valence electrons. The van der Waals surface area contributed by atoms with Crippen LogP contribution in [0, 0.1) is 24.2 Å². The van der Waals surface area contributed by atoms with Gasteiger partial charge in [0.25, 0.3) is 5.56 Å². The number of nitrogens with one attached hydrogen (secondary N) is 1. The van der Waals surface area contributed by atoms with Crippen molar-refractivity contribution in [2.45, 2.75) is 38.4 Å². The molecule has 0 fully saturated rings. The Kier molecular flexibility index (Phi) is 6.73. The maximum absolute atomic E-state index is 13.3. The third-order valence-electron chi connectivity index (χ3n) is 5.18. The first-order valence-electron chi connectivity index (χ1n) is 9.79. The molecule has 0 aliphatic rings. The van der Waals surface area contributed by atoms with E-state index < -0.39 is 5.54 Å². The molecule has 1 amide bonds. The molecule has 1 N–H and O–H groups in total. The molecule has 1 heterocycles. The molecule has 0 spiro atoms. The lowest BCUT2D eigenvalue weighted by atomic mass is 9.90. The fourth-order valence-corrected chi connectivity index (χ4v) is 3.97. The van der Waals surface area contributed by atoms with Gasteiger partial charge in [-0.1, -0.05) is 49.3 Å². The van der Waals surface area contributed by atoms with Gasteiger partial charge in [0.05, 0.1) is 28.4 Å². The van der Waals surface area contributed by atoms with E-state index in [1.54, 1.807) is 25.1 Å². The van der Waals surface area contributed by atoms with Gasteiger partial charge < -0.3 is 5.32 Å². The molecule has 0 aliphatic carbocycles. The number of aryl methyl sites for hydroxylation is 1. The smallest absolute Gasteiger partial charge is 0.266 e. The summed E-state index contributed by atoms with van der Waals surface area (Å²) in [5.74, 6) is -0.356. The highest BCUT2D eigenvalue weighted by Gasteiger charge is 2.30. The average Bonchev–Trinajstić information content (AvgIpc) is 2.71. The number of carbonyl (C=O) groups excluding carboxylic acids is 1. The average molecular weight is 455 g/mol. The van der Waals surface area contributed by atoms with Crippen molar-refractivity contribution in [2.75, 3.05) is 5.75 Å². The standard InChI is InChI=1S/C23H23ClN4O2S/c1-14(2)23(4,13-25)27-20(29)12-31-22-26-19-11-16(24)8-9-18(19)21(30)28(22)17-7-5-6-15(3)10-17/h5-11,14H,12H2,1-4H3,(H,27,29). The number of hydrogen-bond acceptors (Lipinski definition) is 5. The zero-order chi connectivity index (χ0) is 22.8. The number of thioether (sulfide) groups is 1. The van der Waals surface area contributed by atoms with Crippen LogP contribution < -0.4 is 10.9 Å². The number of nitriles is 1. The van der Waals surface area contributed by atoms with Gasteiger partial charge in [0, 0.05) is 5.02 Å². The van der Waals surface area contributed by atoms with E-state index in [-0.39, 0.29) is 23.1 Å². The summed E-state index contributed by atoms with van der Waals surface area (Å²) in [5.41, 5.74) is 0.919. The monoisotopic (exact) mass is 454 g/mol. The van der Waals surface area contributed by atoms with E-state index in [1.807, 2.05) is 45.0 Å². The molecule has 0 radical (unpaired) electrons. The highest BCUT2D eigenvalue weighted by atomic mass is 35.5. The molecule has 8 heteroatoms. The Morgan fingerprint density at radius 2 is 2.06 bits per heavy atom. The maximum atomic E-state index is 13.3. The van der Waals surface area contributed by atoms with Gasteiger partial charge in [0.15, 0.2) is 5.16 Å². The maximum Gasteiger partial charge on any atom is 0.266 e. The van der Waals surface area contributed by atoms with Crippen molar-refractivity contribution >= 4 is 40.2 Å². The Morgan fingerprint density at radius 3 is 2.71 bits per heavy atom. The van der Waals surface area contributed by atoms with E-state index in [0.29, 0.717) is 26.8 Å². The topological polar surface area (TPSA) is 87.8 Å². The largest absolute Gasteiger partial charge is 0.337 e. The van der Waals surface area contributed by atoms with Crippen LogP contribution in [0.3, 0.4) is 0 Å². The second-order valence-corrected chi connectivity index (χ2v) is 9.22. The second kappa shape index (κ2) is 9.13. The van der Waals surface area contributed by atoms with E-state index in [9.17, 15) is 14.9 Å². The van der Waals surface area contributed by atoms with Crippen LogP contribution in [0.5, 0.6) is 0 Å². The molecular formula is C23H23ClN4O2S. The zero-order valence-electron chi connectivity index (χ0n) is 17.8. The minimum Gasteiger partial charge on any atom is -0.337 e. The van der Waals surface area contributed by atoms with Crippen molar-refractivity contribution in [2.24, 2.45) is 5.92 Å². The van der Waals surface area contributed by atoms with E-state index >= 15 is 0 Å². The van der Waals surface area contributed by atoms with Crippen LogP contribution in [-0.4, -0.2) is 26.8 Å². The number of rotatable bonds is 6. The summed E-state index contributed by atoms with van der Waals surface area (Å²) in [6.45, 7) is 7.39. The summed E-state index contributed by atoms with van der Waals surface area (Å²) in [4.78, 5) is 30.5. The van der Waals surface area contributed by atoms with Crippen LogP contribution in [0.2, 0.25) is 5.02 Å². The van der Waals surface area contributed by atoms with Crippen molar-refractivity contribution in [3.63, 3.8) is 0 Å². The molecular weight excluding hydrogens is 432 g/mol. The SMILES string of the molecule is Cc1cccc(-n2c(SCC(=O)NC(C)(C#N)C(C)C)nc3cc(Cl)ccc3c2=O)c1. The van der Waals surface area contributed by atoms with E-state index in [4.69, 9.17) is 11.6 Å². The number of carbonyl (C=O) groups is 1. The van der Waals surface area contributed by atoms with E-state index in [0.717, 1.165) is 17.3 Å². The first-order chi connectivity index (χ1) is 14.6.